The van der Waals surface area contributed by atoms with Gasteiger partial charge in [0.05, 0.1) is 62.6 Å². The minimum absolute atomic E-state index is 0. The number of nitrogens with two attached hydrogens (primary N) is 1. The second-order valence-electron chi connectivity index (χ2n) is 11.7. The van der Waals surface area contributed by atoms with Crippen molar-refractivity contribution in [2.24, 2.45) is 30.7 Å². The van der Waals surface area contributed by atoms with Crippen molar-refractivity contribution in [3.63, 3.8) is 0 Å². The van der Waals surface area contributed by atoms with Crippen LogP contribution >= 0.6 is 23.8 Å². The Labute approximate surface area is 350 Å². The van der Waals surface area contributed by atoms with E-state index in [1.165, 1.54) is 36.4 Å². The quantitative estimate of drug-likeness (QED) is 0.00833. The molecule has 0 heterocycles. The van der Waals surface area contributed by atoms with E-state index < -0.39 is 20.2 Å². The number of phenols is 1. The van der Waals surface area contributed by atoms with E-state index in [1.54, 1.807) is 66.5 Å². The zero-order valence-corrected chi connectivity index (χ0v) is 34.2. The minimum atomic E-state index is -4.76. The highest BCUT2D eigenvalue weighted by atomic mass is 32.3. The number of likely N-dealkylation sites (N-methyl/N-ethyl adjacent to an activating group) is 1. The molecule has 0 saturated carbocycles. The van der Waals surface area contributed by atoms with E-state index >= 15 is 0 Å². The normalized spacial score (nSPS) is 12.0. The Kier molecular flexibility index (Phi) is 17.4. The predicted octanol–water partition coefficient (Wildman–Crippen LogP) is 7.44. The van der Waals surface area contributed by atoms with Gasteiger partial charge < -0.3 is 26.3 Å². The highest BCUT2D eigenvalue weighted by Crippen LogP contribution is 2.47. The monoisotopic (exact) mass is 902 g/mol. The van der Waals surface area contributed by atoms with E-state index in [2.05, 4.69) is 54.5 Å². The Morgan fingerprint density at radius 3 is 1.88 bits per heavy atom. The summed E-state index contributed by atoms with van der Waals surface area (Å²) in [5.74, 6) is -0.458. The van der Waals surface area contributed by atoms with Crippen molar-refractivity contribution in [1.29, 1.82) is 0 Å². The smallest absolute Gasteiger partial charge is 0.433 e. The van der Waals surface area contributed by atoms with E-state index in [9.17, 15) is 21.9 Å². The van der Waals surface area contributed by atoms with Crippen LogP contribution in [0.15, 0.2) is 136 Å². The van der Waals surface area contributed by atoms with Crippen LogP contribution in [0.25, 0.3) is 10.8 Å². The molecule has 0 spiro atoms. The second kappa shape index (κ2) is 22.1. The van der Waals surface area contributed by atoms with Gasteiger partial charge in [0, 0.05) is 34.0 Å². The molecule has 8 N–H and O–H groups in total. The lowest BCUT2D eigenvalue weighted by Gasteiger charge is -2.14. The standard InChI is InChI=1S/C35H32N8O12S4.H2O/c1-43(16-18-44)17-21-58(47,48)28-12-8-26(9-13-28)39-41-33-30-22-32(57-54-53-46)34(35(45)29(30)14-15-31(33)36)42-40-24-4-2-23(3-5-24)37-38-25-6-10-27(11-7-25)56-20-19-52-55-59(49,50)51;/h2-15,22,44-46H,16-18,21,36H2,1H3,(H,49,50,51);1H2. The number of aliphatic hydroxyl groups excluding tert-OH is 1. The number of aliphatic hydroxyl groups is 1. The molecule has 0 aliphatic heterocycles. The average Bonchev–Trinajstić information content (AvgIpc) is 3.21. The molecule has 5 rings (SSSR count). The molecule has 0 aromatic heterocycles. The van der Waals surface area contributed by atoms with Crippen molar-refractivity contribution in [2.45, 2.75) is 14.7 Å². The number of thioether (sulfide) groups is 1. The molecule has 0 saturated heterocycles. The molecule has 0 fully saturated rings. The highest BCUT2D eigenvalue weighted by molar-refractivity contribution is 8.04. The van der Waals surface area contributed by atoms with Crippen LogP contribution in [0.1, 0.15) is 0 Å². The first-order valence-corrected chi connectivity index (χ1v) is 21.1. The molecule has 0 amide bonds. The Balaban J connectivity index is 0.00000794. The Hall–Kier alpha value is -5.60. The summed E-state index contributed by atoms with van der Waals surface area (Å²) in [4.78, 5) is 6.69. The molecule has 5 aromatic carbocycles. The molecule has 0 aliphatic carbocycles. The van der Waals surface area contributed by atoms with Crippen LogP contribution in [0, 0.1) is 11.4 Å². The van der Waals surface area contributed by atoms with Gasteiger partial charge in [0.15, 0.2) is 21.7 Å². The summed E-state index contributed by atoms with van der Waals surface area (Å²) in [7, 11) is -6.64. The number of hydrogen-bond acceptors (Lipinski definition) is 21. The number of aromatic hydroxyl groups is 1. The Morgan fingerprint density at radius 2 is 1.32 bits per heavy atom. The zero-order valence-electron chi connectivity index (χ0n) is 30.9. The number of azo groups is 3. The summed E-state index contributed by atoms with van der Waals surface area (Å²) < 4.78 is 63.2. The molecule has 0 unspecified atom stereocenters. The number of fused-ring (bicyclic) bond motifs is 1. The predicted molar refractivity (Wildman–Crippen MR) is 220 cm³/mol. The fourth-order valence-corrected chi connectivity index (χ4v) is 7.21. The molecular weight excluding hydrogens is 869 g/mol. The number of nitrogen functional groups attached to an aromatic ring is 1. The maximum atomic E-state index is 12.8. The molecule has 0 radical (unpaired) electrons. The van der Waals surface area contributed by atoms with Gasteiger partial charge in [-0.05, 0) is 114 Å². The number of anilines is 1. The number of sulfone groups is 1. The lowest BCUT2D eigenvalue weighted by Crippen LogP contribution is -2.28. The van der Waals surface area contributed by atoms with Gasteiger partial charge in [0.2, 0.25) is 0 Å². The van der Waals surface area contributed by atoms with Crippen LogP contribution in [-0.4, -0.2) is 79.7 Å². The van der Waals surface area contributed by atoms with Gasteiger partial charge in [-0.2, -0.15) is 28.9 Å². The first-order chi connectivity index (χ1) is 28.3. The van der Waals surface area contributed by atoms with Crippen molar-refractivity contribution < 1.29 is 60.9 Å². The minimum Gasteiger partial charge on any atom is -0.505 e. The number of hydrogen-bond donors (Lipinski definition) is 5. The molecular formula is C35H34N8O13S4. The molecule has 316 valence electrons. The van der Waals surface area contributed by atoms with Crippen molar-refractivity contribution >= 4 is 94.6 Å². The van der Waals surface area contributed by atoms with Crippen molar-refractivity contribution in [3.8, 4) is 17.1 Å². The van der Waals surface area contributed by atoms with Gasteiger partial charge in [-0.15, -0.1) is 14.6 Å². The van der Waals surface area contributed by atoms with E-state index in [1.807, 2.05) is 6.11 Å². The molecule has 25 heteroatoms. The van der Waals surface area contributed by atoms with E-state index in [0.29, 0.717) is 51.6 Å². The molecule has 0 aliphatic rings. The van der Waals surface area contributed by atoms with Crippen molar-refractivity contribution in [1.82, 2.24) is 4.90 Å². The van der Waals surface area contributed by atoms with E-state index in [0.717, 1.165) is 11.8 Å². The first kappa shape index (κ1) is 47.1. The van der Waals surface area contributed by atoms with Crippen LogP contribution < -0.4 is 5.73 Å². The number of rotatable bonds is 18. The summed E-state index contributed by atoms with van der Waals surface area (Å²) in [5, 5.41) is 61.5. The number of phenolic OH excluding ortho intramolecular Hbond substituents is 1. The van der Waals surface area contributed by atoms with Gasteiger partial charge in [0.1, 0.15) is 11.4 Å². The third-order valence-corrected chi connectivity index (χ3v) is 10.9. The maximum absolute atomic E-state index is 12.8. The largest absolute Gasteiger partial charge is 0.505 e. The lowest BCUT2D eigenvalue weighted by atomic mass is 10.1. The number of nitrogens with zero attached hydrogens (tertiary/aromatic N) is 7. The first-order valence-electron chi connectivity index (χ1n) is 16.6. The Bertz CT molecular complexity index is 2630. The molecule has 0 bridgehead atoms. The fourth-order valence-electron chi connectivity index (χ4n) is 4.80. The summed E-state index contributed by atoms with van der Waals surface area (Å²) in [5.41, 5.74) is 8.31. The summed E-state index contributed by atoms with van der Waals surface area (Å²) in [6.45, 7) is 0.526. The fraction of sp³-hybridized carbons (Fsp3) is 0.143. The van der Waals surface area contributed by atoms with Crippen LogP contribution in [-0.2, 0) is 38.8 Å². The highest BCUT2D eigenvalue weighted by Gasteiger charge is 2.19. The lowest BCUT2D eigenvalue weighted by molar-refractivity contribution is -0.432. The van der Waals surface area contributed by atoms with Gasteiger partial charge in [-0.1, -0.05) is 5.04 Å². The summed E-state index contributed by atoms with van der Waals surface area (Å²) in [6.07, 6.45) is 1.95. The average molecular weight is 903 g/mol. The van der Waals surface area contributed by atoms with Gasteiger partial charge in [-0.25, -0.2) is 13.7 Å². The zero-order chi connectivity index (χ0) is 42.4. The Morgan fingerprint density at radius 1 is 0.767 bits per heavy atom. The topological polar surface area (TPSA) is 321 Å². The molecule has 5 aromatic rings. The SMILES string of the molecule is CN(CCO)CCS(=O)(=O)c1ccc(N=Nc2c(N)ccc3c(O)c(N=Nc4ccc(N=Nc5ccc(SC#COOS(=O)(=O)O)cc5)cc4)c(SOOO)cc23)cc1.O. The van der Waals surface area contributed by atoms with Crippen LogP contribution in [0.4, 0.5) is 39.8 Å². The van der Waals surface area contributed by atoms with Crippen LogP contribution in [0.2, 0.25) is 0 Å². The van der Waals surface area contributed by atoms with Gasteiger partial charge in [0.25, 0.3) is 0 Å². The van der Waals surface area contributed by atoms with Gasteiger partial charge >= 0.3 is 10.4 Å². The third-order valence-electron chi connectivity index (χ3n) is 7.68. The van der Waals surface area contributed by atoms with Crippen LogP contribution in [0.5, 0.6) is 5.75 Å². The maximum Gasteiger partial charge on any atom is 0.433 e. The van der Waals surface area contributed by atoms with Crippen molar-refractivity contribution in [3.05, 3.63) is 91.0 Å². The van der Waals surface area contributed by atoms with Gasteiger partial charge in [-0.3, -0.25) is 9.44 Å². The molecule has 21 nitrogen and oxygen atoms in total. The van der Waals surface area contributed by atoms with Crippen LogP contribution in [0.3, 0.4) is 0 Å². The number of benzene rings is 5. The molecule has 60 heavy (non-hydrogen) atoms. The second-order valence-corrected chi connectivity index (χ2v) is 16.5. The van der Waals surface area contributed by atoms with E-state index in [-0.39, 0.29) is 62.4 Å². The van der Waals surface area contributed by atoms with E-state index in [4.69, 9.17) is 20.7 Å². The summed E-state index contributed by atoms with van der Waals surface area (Å²) in [6, 6.07) is 23.6. The third kappa shape index (κ3) is 13.7. The molecule has 0 atom stereocenters. The van der Waals surface area contributed by atoms with Crippen molar-refractivity contribution in [2.75, 3.05) is 38.2 Å². The summed E-state index contributed by atoms with van der Waals surface area (Å²) >= 11 is 1.52.